The van der Waals surface area contributed by atoms with Gasteiger partial charge in [-0.25, -0.2) is 0 Å². The molecule has 0 aromatic carbocycles. The van der Waals surface area contributed by atoms with Gasteiger partial charge in [-0.3, -0.25) is 0 Å². The molecule has 0 aromatic rings. The summed E-state index contributed by atoms with van der Waals surface area (Å²) in [6, 6.07) is 0. The van der Waals surface area contributed by atoms with Crippen molar-refractivity contribution < 1.29 is 8.85 Å². The maximum Gasteiger partial charge on any atom is 0.344 e. The lowest BCUT2D eigenvalue weighted by Gasteiger charge is -2.25. The van der Waals surface area contributed by atoms with Crippen molar-refractivity contribution in [2.75, 3.05) is 18.6 Å². The van der Waals surface area contributed by atoms with E-state index >= 15 is 0 Å². The lowest BCUT2D eigenvalue weighted by molar-refractivity contribution is 0.174. The second-order valence-electron chi connectivity index (χ2n) is 3.70. The van der Waals surface area contributed by atoms with E-state index in [0.717, 1.165) is 31.4 Å². The molecule has 0 radical (unpaired) electrons. The number of rotatable bonds is 9. The molecule has 0 aliphatic carbocycles. The number of hydrogen-bond acceptors (Lipinski definition) is 3. The van der Waals surface area contributed by atoms with Crippen molar-refractivity contribution in [1.82, 2.24) is 0 Å². The van der Waals surface area contributed by atoms with Crippen molar-refractivity contribution in [3.63, 3.8) is 0 Å². The Bertz CT molecular complexity index is 123. The van der Waals surface area contributed by atoms with Gasteiger partial charge in [0.2, 0.25) is 0 Å². The van der Waals surface area contributed by atoms with Crippen LogP contribution in [0.25, 0.3) is 0 Å². The third kappa shape index (κ3) is 6.87. The predicted octanol–water partition coefficient (Wildman–Crippen LogP) is 3.16. The molecular formula is C10H24O2SSi. The van der Waals surface area contributed by atoms with E-state index in [9.17, 15) is 0 Å². The molecular weight excluding hydrogens is 212 g/mol. The molecule has 0 saturated heterocycles. The Morgan fingerprint density at radius 3 is 1.71 bits per heavy atom. The minimum absolute atomic E-state index is 0.750. The van der Waals surface area contributed by atoms with Gasteiger partial charge in [0.25, 0.3) is 0 Å². The Morgan fingerprint density at radius 2 is 1.43 bits per heavy atom. The van der Waals surface area contributed by atoms with Crippen LogP contribution in [-0.4, -0.2) is 27.2 Å². The van der Waals surface area contributed by atoms with E-state index in [-0.39, 0.29) is 0 Å². The van der Waals surface area contributed by atoms with Gasteiger partial charge in [-0.1, -0.05) is 26.7 Å². The molecule has 0 aromatic heterocycles. The molecule has 0 spiro atoms. The van der Waals surface area contributed by atoms with Crippen LogP contribution in [0.3, 0.4) is 0 Å². The van der Waals surface area contributed by atoms with Gasteiger partial charge in [-0.2, -0.15) is 12.6 Å². The molecule has 0 unspecified atom stereocenters. The molecule has 0 amide bonds. The second kappa shape index (κ2) is 8.77. The topological polar surface area (TPSA) is 18.5 Å². The Labute approximate surface area is 95.0 Å². The molecule has 0 fully saturated rings. The monoisotopic (exact) mass is 236 g/mol. The van der Waals surface area contributed by atoms with Crippen LogP contribution in [0.1, 0.15) is 39.5 Å². The summed E-state index contributed by atoms with van der Waals surface area (Å²) in [5.74, 6) is 0. The van der Waals surface area contributed by atoms with Gasteiger partial charge < -0.3 is 8.85 Å². The minimum Gasteiger partial charge on any atom is -0.394 e. The zero-order valence-electron chi connectivity index (χ0n) is 9.71. The maximum atomic E-state index is 5.81. The van der Waals surface area contributed by atoms with Crippen molar-refractivity contribution >= 4 is 21.2 Å². The van der Waals surface area contributed by atoms with E-state index in [2.05, 4.69) is 33.0 Å². The lowest BCUT2D eigenvalue weighted by Crippen LogP contribution is -2.42. The molecule has 0 saturated carbocycles. The summed E-state index contributed by atoms with van der Waals surface area (Å²) >= 11 is 4.32. The highest BCUT2D eigenvalue weighted by Gasteiger charge is 2.29. The minimum atomic E-state index is -1.93. The van der Waals surface area contributed by atoms with Crippen molar-refractivity contribution in [3.05, 3.63) is 0 Å². The summed E-state index contributed by atoms with van der Waals surface area (Å²) in [6.07, 6.45) is 4.58. The van der Waals surface area contributed by atoms with Crippen LogP contribution < -0.4 is 0 Å². The van der Waals surface area contributed by atoms with Crippen LogP contribution in [0.5, 0.6) is 0 Å². The number of unbranched alkanes of at least 4 members (excludes halogenated alkanes) is 2. The van der Waals surface area contributed by atoms with Gasteiger partial charge in [0.15, 0.2) is 0 Å². The molecule has 86 valence electrons. The molecule has 0 aliphatic rings. The summed E-state index contributed by atoms with van der Waals surface area (Å²) in [5.41, 5.74) is 0. The van der Waals surface area contributed by atoms with Crippen LogP contribution in [-0.2, 0) is 8.85 Å². The van der Waals surface area contributed by atoms with E-state index in [0.29, 0.717) is 0 Å². The number of hydrogen-bond donors (Lipinski definition) is 1. The van der Waals surface area contributed by atoms with Gasteiger partial charge in [-0.15, -0.1) is 0 Å². The summed E-state index contributed by atoms with van der Waals surface area (Å²) in [6.45, 7) is 8.09. The summed E-state index contributed by atoms with van der Waals surface area (Å²) in [5, 5.41) is 0.750. The highest BCUT2D eigenvalue weighted by molar-refractivity contribution is 7.82. The van der Waals surface area contributed by atoms with Gasteiger partial charge in [0.1, 0.15) is 0 Å². The van der Waals surface area contributed by atoms with Gasteiger partial charge in [0.05, 0.1) is 0 Å². The standard InChI is InChI=1S/C10H24O2SSi/c1-4-6-8-11-14(3,10-13)12-9-7-5-2/h13H,4-10H2,1-3H3. The summed E-state index contributed by atoms with van der Waals surface area (Å²) < 4.78 is 11.6. The number of thiol groups is 1. The average molecular weight is 236 g/mol. The van der Waals surface area contributed by atoms with Crippen LogP contribution in [0.4, 0.5) is 0 Å². The zero-order chi connectivity index (χ0) is 10.9. The van der Waals surface area contributed by atoms with E-state index < -0.39 is 8.56 Å². The first-order valence-corrected chi connectivity index (χ1v) is 8.73. The quantitative estimate of drug-likeness (QED) is 0.377. The molecule has 0 atom stereocenters. The lowest BCUT2D eigenvalue weighted by atomic mass is 10.4. The van der Waals surface area contributed by atoms with Crippen molar-refractivity contribution in [2.45, 2.75) is 46.1 Å². The largest absolute Gasteiger partial charge is 0.394 e. The fourth-order valence-electron chi connectivity index (χ4n) is 0.998. The molecule has 0 bridgehead atoms. The molecule has 0 rings (SSSR count). The first-order chi connectivity index (χ1) is 6.68. The van der Waals surface area contributed by atoms with E-state index in [1.54, 1.807) is 0 Å². The Morgan fingerprint density at radius 1 is 1.00 bits per heavy atom. The Kier molecular flexibility index (Phi) is 9.07. The van der Waals surface area contributed by atoms with E-state index in [1.165, 1.54) is 12.8 Å². The van der Waals surface area contributed by atoms with Crippen LogP contribution in [0.15, 0.2) is 0 Å². The van der Waals surface area contributed by atoms with Gasteiger partial charge in [-0.05, 0) is 19.4 Å². The molecule has 0 aliphatic heterocycles. The Balaban J connectivity index is 3.67. The van der Waals surface area contributed by atoms with Crippen molar-refractivity contribution in [3.8, 4) is 0 Å². The third-order valence-electron chi connectivity index (χ3n) is 2.10. The van der Waals surface area contributed by atoms with Gasteiger partial charge >= 0.3 is 8.56 Å². The molecule has 2 nitrogen and oxygen atoms in total. The normalized spacial score (nSPS) is 12.0. The molecule has 4 heteroatoms. The highest BCUT2D eigenvalue weighted by atomic mass is 32.1. The van der Waals surface area contributed by atoms with Crippen LogP contribution in [0.2, 0.25) is 6.55 Å². The molecule has 0 heterocycles. The van der Waals surface area contributed by atoms with Crippen molar-refractivity contribution in [1.29, 1.82) is 0 Å². The average Bonchev–Trinajstić information content (AvgIpc) is 2.19. The predicted molar refractivity (Wildman–Crippen MR) is 67.2 cm³/mol. The smallest absolute Gasteiger partial charge is 0.344 e. The first kappa shape index (κ1) is 14.5. The fraction of sp³-hybridized carbons (Fsp3) is 1.00. The van der Waals surface area contributed by atoms with Crippen LogP contribution >= 0.6 is 12.6 Å². The fourth-order valence-corrected chi connectivity index (χ4v) is 2.96. The third-order valence-corrected chi connectivity index (χ3v) is 6.03. The van der Waals surface area contributed by atoms with E-state index in [4.69, 9.17) is 8.85 Å². The van der Waals surface area contributed by atoms with Gasteiger partial charge in [0, 0.05) is 18.6 Å². The van der Waals surface area contributed by atoms with E-state index in [1.807, 2.05) is 0 Å². The molecule has 0 N–H and O–H groups in total. The Hall–Kier alpha value is 0.487. The van der Waals surface area contributed by atoms with Crippen molar-refractivity contribution in [2.24, 2.45) is 0 Å². The zero-order valence-corrected chi connectivity index (χ0v) is 11.6. The molecule has 14 heavy (non-hydrogen) atoms. The second-order valence-corrected chi connectivity index (χ2v) is 7.81. The SMILES string of the molecule is CCCCO[Si](C)(CS)OCCCC. The van der Waals surface area contributed by atoms with Crippen LogP contribution in [0, 0.1) is 0 Å². The summed E-state index contributed by atoms with van der Waals surface area (Å²) in [7, 11) is -1.93. The highest BCUT2D eigenvalue weighted by Crippen LogP contribution is 2.11. The summed E-state index contributed by atoms with van der Waals surface area (Å²) in [4.78, 5) is 0. The first-order valence-electron chi connectivity index (χ1n) is 5.57. The maximum absolute atomic E-state index is 5.81.